The fourth-order valence-corrected chi connectivity index (χ4v) is 4.73. The lowest BCUT2D eigenvalue weighted by Gasteiger charge is -2.26. The number of hydrogen-bond acceptors (Lipinski definition) is 9. The second-order valence-electron chi connectivity index (χ2n) is 8.46. The number of benzene rings is 1. The van der Waals surface area contributed by atoms with Crippen LogP contribution in [0.3, 0.4) is 0 Å². The Hall–Kier alpha value is -2.57. The Bertz CT molecular complexity index is 943. The zero-order chi connectivity index (χ0) is 25.4. The lowest BCUT2D eigenvalue weighted by Crippen LogP contribution is -2.44. The average Bonchev–Trinajstić information content (AvgIpc) is 2.73. The van der Waals surface area contributed by atoms with Gasteiger partial charge in [0, 0.05) is 12.6 Å². The number of hydrogen-bond donors (Lipinski definition) is 1. The number of carbonyl (C=O) groups excluding carboxylic acids is 2. The molecule has 11 nitrogen and oxygen atoms in total. The van der Waals surface area contributed by atoms with Crippen LogP contribution < -0.4 is 5.32 Å². The molecule has 33 heavy (non-hydrogen) atoms. The second-order valence-corrected chi connectivity index (χ2v) is 10.3. The zero-order valence-corrected chi connectivity index (χ0v) is 20.7. The molecule has 0 spiro atoms. The molecule has 2 atom stereocenters. The van der Waals surface area contributed by atoms with E-state index in [4.69, 9.17) is 4.74 Å². The van der Waals surface area contributed by atoms with Crippen LogP contribution in [-0.4, -0.2) is 67.5 Å². The highest BCUT2D eigenvalue weighted by Gasteiger charge is 2.37. The SMILES string of the molecule is COC(=O)[C@H](C)N(CCCCN[C@@H](C)C(=O)OC(C)(C)C)S(=O)(=O)c1ccccc1[N+](=O)[O-]. The molecule has 1 aromatic rings. The molecule has 0 aliphatic heterocycles. The maximum Gasteiger partial charge on any atom is 0.323 e. The minimum Gasteiger partial charge on any atom is -0.468 e. The Morgan fingerprint density at radius 2 is 1.76 bits per heavy atom. The van der Waals surface area contributed by atoms with E-state index in [1.165, 1.54) is 19.1 Å². The van der Waals surface area contributed by atoms with Gasteiger partial charge in [0.25, 0.3) is 15.7 Å². The van der Waals surface area contributed by atoms with Crippen LogP contribution in [0.2, 0.25) is 0 Å². The normalized spacial score (nSPS) is 13.9. The summed E-state index contributed by atoms with van der Waals surface area (Å²) in [6.45, 7) is 8.66. The van der Waals surface area contributed by atoms with Crippen molar-refractivity contribution in [2.75, 3.05) is 20.2 Å². The molecule has 1 N–H and O–H groups in total. The van der Waals surface area contributed by atoms with Crippen LogP contribution in [0.15, 0.2) is 29.2 Å². The maximum atomic E-state index is 13.3. The molecule has 0 aromatic heterocycles. The highest BCUT2D eigenvalue weighted by atomic mass is 32.2. The summed E-state index contributed by atoms with van der Waals surface area (Å²) >= 11 is 0. The van der Waals surface area contributed by atoms with Gasteiger partial charge in [0.2, 0.25) is 0 Å². The van der Waals surface area contributed by atoms with Gasteiger partial charge in [-0.2, -0.15) is 4.31 Å². The van der Waals surface area contributed by atoms with Crippen molar-refractivity contribution in [1.82, 2.24) is 9.62 Å². The number of rotatable bonds is 12. The molecular weight excluding hydrogens is 454 g/mol. The number of nitro benzene ring substituents is 1. The quantitative estimate of drug-likeness (QED) is 0.203. The van der Waals surface area contributed by atoms with E-state index >= 15 is 0 Å². The minimum absolute atomic E-state index is 0.0762. The molecule has 0 heterocycles. The number of nitrogens with zero attached hydrogens (tertiary/aromatic N) is 2. The Kier molecular flexibility index (Phi) is 10.4. The maximum absolute atomic E-state index is 13.3. The van der Waals surface area contributed by atoms with Gasteiger partial charge in [0.15, 0.2) is 4.90 Å². The van der Waals surface area contributed by atoms with Crippen molar-refractivity contribution in [3.63, 3.8) is 0 Å². The predicted molar refractivity (Wildman–Crippen MR) is 121 cm³/mol. The van der Waals surface area contributed by atoms with Crippen LogP contribution in [0, 0.1) is 10.1 Å². The monoisotopic (exact) mass is 487 g/mol. The van der Waals surface area contributed by atoms with E-state index in [1.54, 1.807) is 27.7 Å². The van der Waals surface area contributed by atoms with Crippen LogP contribution in [0.25, 0.3) is 0 Å². The van der Waals surface area contributed by atoms with Crippen molar-refractivity contribution in [3.8, 4) is 0 Å². The van der Waals surface area contributed by atoms with Crippen molar-refractivity contribution in [2.24, 2.45) is 0 Å². The molecule has 0 amide bonds. The Morgan fingerprint density at radius 1 is 1.15 bits per heavy atom. The summed E-state index contributed by atoms with van der Waals surface area (Å²) in [7, 11) is -3.24. The Labute approximate surface area is 194 Å². The second kappa shape index (κ2) is 12.1. The molecule has 0 saturated carbocycles. The summed E-state index contributed by atoms with van der Waals surface area (Å²) in [5.74, 6) is -1.18. The van der Waals surface area contributed by atoms with Crippen LogP contribution in [-0.2, 0) is 29.1 Å². The summed E-state index contributed by atoms with van der Waals surface area (Å²) in [6.07, 6.45) is 0.805. The summed E-state index contributed by atoms with van der Waals surface area (Å²) in [6, 6.07) is 3.23. The number of nitro groups is 1. The van der Waals surface area contributed by atoms with Gasteiger partial charge >= 0.3 is 11.9 Å². The van der Waals surface area contributed by atoms with Crippen molar-refractivity contribution in [2.45, 2.75) is 70.0 Å². The van der Waals surface area contributed by atoms with Crippen molar-refractivity contribution in [1.29, 1.82) is 0 Å². The van der Waals surface area contributed by atoms with Crippen molar-refractivity contribution >= 4 is 27.6 Å². The van der Waals surface area contributed by atoms with Crippen molar-refractivity contribution < 1.29 is 32.4 Å². The number of ether oxygens (including phenoxy) is 2. The lowest BCUT2D eigenvalue weighted by atomic mass is 10.2. The van der Waals surface area contributed by atoms with E-state index < -0.39 is 55.2 Å². The van der Waals surface area contributed by atoms with Gasteiger partial charge < -0.3 is 14.8 Å². The van der Waals surface area contributed by atoms with Gasteiger partial charge in [-0.3, -0.25) is 19.7 Å². The molecule has 12 heteroatoms. The number of sulfonamides is 1. The van der Waals surface area contributed by atoms with Gasteiger partial charge in [-0.05, 0) is 60.1 Å². The highest BCUT2D eigenvalue weighted by Crippen LogP contribution is 2.28. The number of carbonyl (C=O) groups is 2. The van der Waals surface area contributed by atoms with E-state index in [2.05, 4.69) is 10.1 Å². The number of esters is 2. The fraction of sp³-hybridized carbons (Fsp3) is 0.619. The molecule has 0 saturated heterocycles. The highest BCUT2D eigenvalue weighted by molar-refractivity contribution is 7.89. The van der Waals surface area contributed by atoms with Crippen LogP contribution in [0.4, 0.5) is 5.69 Å². The van der Waals surface area contributed by atoms with E-state index in [0.29, 0.717) is 19.4 Å². The van der Waals surface area contributed by atoms with Gasteiger partial charge in [0.1, 0.15) is 17.7 Å². The minimum atomic E-state index is -4.37. The molecule has 1 rings (SSSR count). The summed E-state index contributed by atoms with van der Waals surface area (Å²) < 4.78 is 37.4. The van der Waals surface area contributed by atoms with Crippen LogP contribution in [0.1, 0.15) is 47.5 Å². The van der Waals surface area contributed by atoms with E-state index in [9.17, 15) is 28.1 Å². The first-order chi connectivity index (χ1) is 15.2. The molecule has 1 aromatic carbocycles. The predicted octanol–water partition coefficient (Wildman–Crippen LogP) is 2.25. The van der Waals surface area contributed by atoms with Gasteiger partial charge in [-0.15, -0.1) is 0 Å². The van der Waals surface area contributed by atoms with Crippen molar-refractivity contribution in [3.05, 3.63) is 34.4 Å². The molecule has 0 bridgehead atoms. The van der Waals surface area contributed by atoms with Gasteiger partial charge in [0.05, 0.1) is 12.0 Å². The summed E-state index contributed by atoms with van der Waals surface area (Å²) in [4.78, 5) is 34.2. The molecule has 0 radical (unpaired) electrons. The Morgan fingerprint density at radius 3 is 2.30 bits per heavy atom. The molecule has 0 fully saturated rings. The first-order valence-corrected chi connectivity index (χ1v) is 12.0. The summed E-state index contributed by atoms with van der Waals surface area (Å²) in [5, 5.41) is 14.4. The standard InChI is InChI=1S/C21H33N3O8S/c1-15(19(25)32-21(3,4)5)22-13-9-10-14-23(16(2)20(26)31-6)33(29,30)18-12-8-7-11-17(18)24(27)28/h7-8,11-12,15-16,22H,9-10,13-14H2,1-6H3/t15-,16-/m0/s1. The lowest BCUT2D eigenvalue weighted by molar-refractivity contribution is -0.387. The van der Waals surface area contributed by atoms with Gasteiger partial charge in [-0.1, -0.05) is 12.1 Å². The third-order valence-corrected chi connectivity index (χ3v) is 6.66. The van der Waals surface area contributed by atoms with Crippen LogP contribution in [0.5, 0.6) is 0 Å². The number of nitrogens with one attached hydrogen (secondary N) is 1. The third-order valence-electron chi connectivity index (χ3n) is 4.64. The molecule has 0 aliphatic rings. The summed E-state index contributed by atoms with van der Waals surface area (Å²) in [5.41, 5.74) is -1.18. The number of methoxy groups -OCH3 is 1. The van der Waals surface area contributed by atoms with E-state index in [-0.39, 0.29) is 6.54 Å². The molecule has 0 aliphatic carbocycles. The smallest absolute Gasteiger partial charge is 0.323 e. The molecule has 0 unspecified atom stereocenters. The first-order valence-electron chi connectivity index (χ1n) is 10.5. The Balaban J connectivity index is 2.91. The first kappa shape index (κ1) is 28.5. The molecular formula is C21H33N3O8S. The average molecular weight is 488 g/mol. The van der Waals surface area contributed by atoms with E-state index in [0.717, 1.165) is 23.5 Å². The zero-order valence-electron chi connectivity index (χ0n) is 19.9. The van der Waals surface area contributed by atoms with Crippen LogP contribution >= 0.6 is 0 Å². The third kappa shape index (κ3) is 8.37. The number of unbranched alkanes of at least 4 members (excludes halogenated alkanes) is 1. The number of para-hydroxylation sites is 1. The molecule has 186 valence electrons. The van der Waals surface area contributed by atoms with Gasteiger partial charge in [-0.25, -0.2) is 8.42 Å². The largest absolute Gasteiger partial charge is 0.468 e. The topological polar surface area (TPSA) is 145 Å². The van der Waals surface area contributed by atoms with E-state index in [1.807, 2.05) is 0 Å². The fourth-order valence-electron chi connectivity index (χ4n) is 2.95.